The summed E-state index contributed by atoms with van der Waals surface area (Å²) in [5, 5.41) is 7.46. The molecule has 2 aliphatic rings. The van der Waals surface area contributed by atoms with Gasteiger partial charge in [0, 0.05) is 13.1 Å². The minimum Gasteiger partial charge on any atom is -0.375 e. The predicted octanol–water partition coefficient (Wildman–Crippen LogP) is 2.11. The van der Waals surface area contributed by atoms with Gasteiger partial charge in [-0.25, -0.2) is 19.3 Å². The normalized spacial score (nSPS) is 23.5. The number of hydrogen-bond acceptors (Lipinski definition) is 7. The molecule has 2 unspecified atom stereocenters. The molecule has 2 saturated heterocycles. The van der Waals surface area contributed by atoms with Crippen molar-refractivity contribution >= 4 is 28.4 Å². The van der Waals surface area contributed by atoms with Crippen molar-refractivity contribution in [1.29, 1.82) is 0 Å². The molecule has 2 fully saturated rings. The molecule has 10 heteroatoms. The lowest BCUT2D eigenvalue weighted by atomic mass is 10.0. The molecular formula is C20H22N8O2. The van der Waals surface area contributed by atoms with Gasteiger partial charge in [0.05, 0.1) is 30.3 Å². The van der Waals surface area contributed by atoms with E-state index in [0.29, 0.717) is 11.6 Å². The Morgan fingerprint density at radius 3 is 2.80 bits per heavy atom. The van der Waals surface area contributed by atoms with E-state index in [2.05, 4.69) is 20.4 Å². The fourth-order valence-corrected chi connectivity index (χ4v) is 4.77. The molecule has 4 aromatic heterocycles. The second-order valence-electron chi connectivity index (χ2n) is 8.25. The third-order valence-corrected chi connectivity index (χ3v) is 6.33. The zero-order valence-corrected chi connectivity index (χ0v) is 16.8. The van der Waals surface area contributed by atoms with Crippen LogP contribution in [0.3, 0.4) is 0 Å². The molecular weight excluding hydrogens is 384 g/mol. The Labute approximate surface area is 171 Å². The van der Waals surface area contributed by atoms with Crippen molar-refractivity contribution in [1.82, 2.24) is 33.7 Å². The minimum absolute atomic E-state index is 0.0528. The summed E-state index contributed by atoms with van der Waals surface area (Å²) < 4.78 is 11.1. The molecule has 6 rings (SSSR count). The van der Waals surface area contributed by atoms with Crippen LogP contribution in [0.1, 0.15) is 37.3 Å². The summed E-state index contributed by atoms with van der Waals surface area (Å²) in [5.74, 6) is 0.444. The highest BCUT2D eigenvalue weighted by molar-refractivity contribution is 5.73. The van der Waals surface area contributed by atoms with Crippen molar-refractivity contribution in [3.63, 3.8) is 0 Å². The molecule has 4 aromatic rings. The molecule has 0 spiro atoms. The summed E-state index contributed by atoms with van der Waals surface area (Å²) in [6.07, 6.45) is 9.43. The third kappa shape index (κ3) is 2.63. The molecule has 0 aliphatic carbocycles. The number of ether oxygens (including phenoxy) is 1. The summed E-state index contributed by atoms with van der Waals surface area (Å²) in [6.45, 7) is 1.99. The molecule has 2 aliphatic heterocycles. The molecule has 0 radical (unpaired) electrons. The van der Waals surface area contributed by atoms with E-state index in [0.717, 1.165) is 48.1 Å². The van der Waals surface area contributed by atoms with E-state index in [9.17, 15) is 4.79 Å². The van der Waals surface area contributed by atoms with E-state index in [-0.39, 0.29) is 23.9 Å². The van der Waals surface area contributed by atoms with Gasteiger partial charge in [-0.15, -0.1) is 0 Å². The van der Waals surface area contributed by atoms with Gasteiger partial charge in [0.1, 0.15) is 11.8 Å². The first-order valence-corrected chi connectivity index (χ1v) is 10.2. The maximum Gasteiger partial charge on any atom is 0.330 e. The first-order valence-electron chi connectivity index (χ1n) is 10.2. The van der Waals surface area contributed by atoms with Crippen LogP contribution >= 0.6 is 0 Å². The molecule has 10 nitrogen and oxygen atoms in total. The zero-order valence-electron chi connectivity index (χ0n) is 16.8. The van der Waals surface area contributed by atoms with Crippen LogP contribution in [0.15, 0.2) is 29.6 Å². The van der Waals surface area contributed by atoms with Crippen molar-refractivity contribution < 1.29 is 4.74 Å². The Bertz CT molecular complexity index is 1320. The van der Waals surface area contributed by atoms with Gasteiger partial charge in [-0.05, 0) is 44.2 Å². The Kier molecular flexibility index (Phi) is 3.73. The second-order valence-corrected chi connectivity index (χ2v) is 8.25. The average Bonchev–Trinajstić information content (AvgIpc) is 3.39. The number of nitrogens with one attached hydrogen (secondary N) is 1. The lowest BCUT2D eigenvalue weighted by molar-refractivity contribution is -0.0158. The van der Waals surface area contributed by atoms with Crippen LogP contribution in [0.5, 0.6) is 0 Å². The quantitative estimate of drug-likeness (QED) is 0.556. The molecule has 0 saturated carbocycles. The highest BCUT2D eigenvalue weighted by atomic mass is 16.5. The Hall–Kier alpha value is -3.27. The van der Waals surface area contributed by atoms with Crippen LogP contribution in [0, 0.1) is 6.92 Å². The molecule has 1 N–H and O–H groups in total. The molecule has 0 amide bonds. The van der Waals surface area contributed by atoms with Crippen molar-refractivity contribution in [3.8, 4) is 0 Å². The molecule has 30 heavy (non-hydrogen) atoms. The van der Waals surface area contributed by atoms with Gasteiger partial charge in [-0.3, -0.25) is 9.13 Å². The minimum atomic E-state index is -0.0528. The van der Waals surface area contributed by atoms with Crippen LogP contribution in [0.4, 0.5) is 11.6 Å². The van der Waals surface area contributed by atoms with Crippen LogP contribution in [-0.4, -0.2) is 45.9 Å². The van der Waals surface area contributed by atoms with Crippen molar-refractivity contribution in [2.45, 2.75) is 50.9 Å². The van der Waals surface area contributed by atoms with Crippen molar-refractivity contribution in [3.05, 3.63) is 40.8 Å². The lowest BCUT2D eigenvalue weighted by Gasteiger charge is -2.28. The predicted molar refractivity (Wildman–Crippen MR) is 110 cm³/mol. The topological polar surface area (TPSA) is 104 Å². The van der Waals surface area contributed by atoms with Gasteiger partial charge < -0.3 is 10.1 Å². The first kappa shape index (κ1) is 17.6. The van der Waals surface area contributed by atoms with Crippen molar-refractivity contribution in [2.24, 2.45) is 7.05 Å². The standard InChI is InChI=1S/C20H22N8O2/c1-11-5-17-22-10-23-27(17)9-15(11)24-19-21-8-16-18(25-19)28(20(29)26(16)2)12-6-13-3-4-14(7-12)30-13/h5,8-10,12-14H,3-4,6-7H2,1-2H3,(H,21,24,25). The van der Waals surface area contributed by atoms with E-state index in [1.807, 2.05) is 23.8 Å². The number of hydrogen-bond donors (Lipinski definition) is 1. The van der Waals surface area contributed by atoms with E-state index in [4.69, 9.17) is 9.72 Å². The Balaban J connectivity index is 1.42. The van der Waals surface area contributed by atoms with Crippen LogP contribution in [-0.2, 0) is 11.8 Å². The van der Waals surface area contributed by atoms with E-state index in [1.165, 1.54) is 6.33 Å². The van der Waals surface area contributed by atoms with E-state index in [1.54, 1.807) is 22.3 Å². The summed E-state index contributed by atoms with van der Waals surface area (Å²) in [4.78, 5) is 26.4. The van der Waals surface area contributed by atoms with Gasteiger partial charge in [-0.1, -0.05) is 0 Å². The maximum absolute atomic E-state index is 13.0. The number of anilines is 2. The number of aryl methyl sites for hydroxylation is 2. The van der Waals surface area contributed by atoms with E-state index >= 15 is 0 Å². The van der Waals surface area contributed by atoms with Crippen LogP contribution in [0.25, 0.3) is 16.8 Å². The summed E-state index contributed by atoms with van der Waals surface area (Å²) in [5.41, 5.74) is 3.95. The van der Waals surface area contributed by atoms with Gasteiger partial charge in [0.15, 0.2) is 11.3 Å². The monoisotopic (exact) mass is 406 g/mol. The average molecular weight is 406 g/mol. The summed E-state index contributed by atoms with van der Waals surface area (Å²) in [6, 6.07) is 2.05. The summed E-state index contributed by atoms with van der Waals surface area (Å²) in [7, 11) is 1.77. The van der Waals surface area contributed by atoms with Gasteiger partial charge in [-0.2, -0.15) is 10.1 Å². The van der Waals surface area contributed by atoms with Gasteiger partial charge >= 0.3 is 5.69 Å². The van der Waals surface area contributed by atoms with Crippen molar-refractivity contribution in [2.75, 3.05) is 5.32 Å². The highest BCUT2D eigenvalue weighted by Crippen LogP contribution is 2.38. The number of fused-ring (bicyclic) bond motifs is 4. The number of aromatic nitrogens is 7. The smallest absolute Gasteiger partial charge is 0.330 e. The second kappa shape index (κ2) is 6.36. The number of nitrogens with zero attached hydrogens (tertiary/aromatic N) is 7. The van der Waals surface area contributed by atoms with Crippen LogP contribution < -0.4 is 11.0 Å². The number of rotatable bonds is 3. The molecule has 0 aromatic carbocycles. The van der Waals surface area contributed by atoms with E-state index < -0.39 is 0 Å². The number of pyridine rings is 1. The zero-order chi connectivity index (χ0) is 20.4. The SMILES string of the molecule is Cc1cc2ncnn2cc1Nc1ncc2c(n1)n(C1CC3CCC(C1)O3)c(=O)n2C. The molecule has 2 atom stereocenters. The largest absolute Gasteiger partial charge is 0.375 e. The van der Waals surface area contributed by atoms with Gasteiger partial charge in [0.2, 0.25) is 5.95 Å². The fourth-order valence-electron chi connectivity index (χ4n) is 4.77. The third-order valence-electron chi connectivity index (χ3n) is 6.33. The lowest BCUT2D eigenvalue weighted by Crippen LogP contribution is -2.33. The highest BCUT2D eigenvalue weighted by Gasteiger charge is 2.37. The van der Waals surface area contributed by atoms with Gasteiger partial charge in [0.25, 0.3) is 0 Å². The Morgan fingerprint density at radius 1 is 1.20 bits per heavy atom. The van der Waals surface area contributed by atoms with Crippen LogP contribution in [0.2, 0.25) is 0 Å². The summed E-state index contributed by atoms with van der Waals surface area (Å²) >= 11 is 0. The fraction of sp³-hybridized carbons (Fsp3) is 0.450. The molecule has 2 bridgehead atoms. The Morgan fingerprint density at radius 2 is 2.00 bits per heavy atom. The maximum atomic E-state index is 13.0. The first-order chi connectivity index (χ1) is 14.6. The molecule has 154 valence electrons. The molecule has 6 heterocycles. The number of imidazole rings is 1.